The number of amides is 1. The zero-order valence-corrected chi connectivity index (χ0v) is 12.6. The minimum atomic E-state index is -0.254. The molecule has 1 saturated carbocycles. The number of hydrogen-bond acceptors (Lipinski definition) is 3. The van der Waals surface area contributed by atoms with Crippen LogP contribution in [-0.2, 0) is 0 Å². The van der Waals surface area contributed by atoms with Gasteiger partial charge in [0.25, 0.3) is 5.91 Å². The predicted molar refractivity (Wildman–Crippen MR) is 85.1 cm³/mol. The van der Waals surface area contributed by atoms with Crippen LogP contribution in [0, 0.1) is 6.92 Å². The van der Waals surface area contributed by atoms with Crippen LogP contribution in [0.1, 0.15) is 41.7 Å². The molecular formula is C17H19N3O2. The van der Waals surface area contributed by atoms with E-state index in [2.05, 4.69) is 9.97 Å². The third kappa shape index (κ3) is 2.93. The number of aryl methyl sites for hydroxylation is 1. The zero-order chi connectivity index (χ0) is 15.5. The molecule has 5 heteroatoms. The molecule has 1 amide bonds. The lowest BCUT2D eigenvalue weighted by molar-refractivity contribution is 0.0975. The third-order valence-corrected chi connectivity index (χ3v) is 4.03. The molecule has 2 aromatic rings. The first kappa shape index (κ1) is 14.5. The Morgan fingerprint density at radius 1 is 1.27 bits per heavy atom. The molecule has 1 N–H and O–H groups in total. The molecule has 0 radical (unpaired) electrons. The maximum Gasteiger partial charge on any atom is 0.259 e. The maximum absolute atomic E-state index is 13.0. The lowest BCUT2D eigenvalue weighted by Gasteiger charge is -2.28. The van der Waals surface area contributed by atoms with Crippen LogP contribution < -0.4 is 10.5 Å². The summed E-state index contributed by atoms with van der Waals surface area (Å²) in [5.74, 6) is 0.497. The topological polar surface area (TPSA) is 66.1 Å². The normalized spacial score (nSPS) is 15.0. The van der Waals surface area contributed by atoms with Crippen LogP contribution in [-0.4, -0.2) is 21.9 Å². The van der Waals surface area contributed by atoms with Gasteiger partial charge in [-0.1, -0.05) is 18.9 Å². The van der Waals surface area contributed by atoms with Gasteiger partial charge >= 0.3 is 0 Å². The Morgan fingerprint density at radius 2 is 2.05 bits per heavy atom. The van der Waals surface area contributed by atoms with Crippen LogP contribution in [0.5, 0.6) is 0 Å². The highest BCUT2D eigenvalue weighted by molar-refractivity contribution is 6.06. The molecule has 2 aromatic heterocycles. The van der Waals surface area contributed by atoms with E-state index in [1.165, 1.54) is 6.07 Å². The van der Waals surface area contributed by atoms with Gasteiger partial charge in [-0.2, -0.15) is 0 Å². The Morgan fingerprint density at radius 3 is 2.68 bits per heavy atom. The molecule has 3 rings (SSSR count). The summed E-state index contributed by atoms with van der Waals surface area (Å²) in [7, 11) is 0. The van der Waals surface area contributed by atoms with Gasteiger partial charge < -0.3 is 4.98 Å². The lowest BCUT2D eigenvalue weighted by Crippen LogP contribution is -2.40. The summed E-state index contributed by atoms with van der Waals surface area (Å²) < 4.78 is 0. The van der Waals surface area contributed by atoms with Gasteiger partial charge in [0, 0.05) is 29.6 Å². The summed E-state index contributed by atoms with van der Waals surface area (Å²) in [5, 5.41) is 0. The van der Waals surface area contributed by atoms with Crippen molar-refractivity contribution >= 4 is 11.7 Å². The number of pyridine rings is 2. The molecule has 1 fully saturated rings. The number of aromatic nitrogens is 2. The highest BCUT2D eigenvalue weighted by atomic mass is 16.2. The Labute approximate surface area is 129 Å². The summed E-state index contributed by atoms with van der Waals surface area (Å²) in [4.78, 5) is 33.4. The van der Waals surface area contributed by atoms with Crippen LogP contribution in [0.2, 0.25) is 0 Å². The Kier molecular flexibility index (Phi) is 4.04. The Bertz CT molecular complexity index is 718. The second kappa shape index (κ2) is 6.13. The smallest absolute Gasteiger partial charge is 0.259 e. The molecule has 0 aromatic carbocycles. The number of hydrogen-bond donors (Lipinski definition) is 1. The standard InChI is InChI=1S/C17H19N3O2/c1-12-10-13(11-16(21)19-12)17(22)20(14-6-2-3-7-14)15-8-4-5-9-18-15/h4-5,8-11,14H,2-3,6-7H2,1H3,(H,19,21). The van der Waals surface area contributed by atoms with Crippen molar-refractivity contribution < 1.29 is 4.79 Å². The largest absolute Gasteiger partial charge is 0.326 e. The van der Waals surface area contributed by atoms with Gasteiger partial charge in [0.1, 0.15) is 5.82 Å². The fourth-order valence-electron chi connectivity index (χ4n) is 3.06. The van der Waals surface area contributed by atoms with E-state index in [-0.39, 0.29) is 17.5 Å². The number of rotatable bonds is 3. The minimum Gasteiger partial charge on any atom is -0.326 e. The molecule has 0 aliphatic heterocycles. The molecule has 0 bridgehead atoms. The van der Waals surface area contributed by atoms with Crippen molar-refractivity contribution in [3.63, 3.8) is 0 Å². The summed E-state index contributed by atoms with van der Waals surface area (Å²) in [6.45, 7) is 1.78. The average Bonchev–Trinajstić information content (AvgIpc) is 3.01. The van der Waals surface area contributed by atoms with Crippen molar-refractivity contribution in [3.05, 3.63) is 58.1 Å². The molecule has 1 aliphatic carbocycles. The van der Waals surface area contributed by atoms with E-state index >= 15 is 0 Å². The van der Waals surface area contributed by atoms with Gasteiger partial charge in [-0.3, -0.25) is 14.5 Å². The minimum absolute atomic E-state index is 0.153. The number of nitrogens with one attached hydrogen (secondary N) is 1. The fourth-order valence-corrected chi connectivity index (χ4v) is 3.06. The van der Waals surface area contributed by atoms with Crippen LogP contribution in [0.4, 0.5) is 5.82 Å². The monoisotopic (exact) mass is 297 g/mol. The highest BCUT2D eigenvalue weighted by Gasteiger charge is 2.29. The highest BCUT2D eigenvalue weighted by Crippen LogP contribution is 2.28. The number of H-pyrrole nitrogens is 1. The molecule has 0 saturated heterocycles. The third-order valence-electron chi connectivity index (χ3n) is 4.03. The molecule has 2 heterocycles. The van der Waals surface area contributed by atoms with Gasteiger partial charge in [0.05, 0.1) is 0 Å². The van der Waals surface area contributed by atoms with Crippen molar-refractivity contribution in [1.29, 1.82) is 0 Å². The van der Waals surface area contributed by atoms with E-state index in [1.54, 1.807) is 24.1 Å². The van der Waals surface area contributed by atoms with Crippen LogP contribution in [0.15, 0.2) is 41.3 Å². The van der Waals surface area contributed by atoms with Crippen molar-refractivity contribution in [2.24, 2.45) is 0 Å². The summed E-state index contributed by atoms with van der Waals surface area (Å²) in [6.07, 6.45) is 5.88. The molecule has 5 nitrogen and oxygen atoms in total. The second-order valence-corrected chi connectivity index (χ2v) is 5.72. The van der Waals surface area contributed by atoms with Gasteiger partial charge in [0.2, 0.25) is 5.56 Å². The molecule has 0 spiro atoms. The van der Waals surface area contributed by atoms with Crippen LogP contribution >= 0.6 is 0 Å². The van der Waals surface area contributed by atoms with E-state index in [1.807, 2.05) is 18.2 Å². The first-order valence-electron chi connectivity index (χ1n) is 7.61. The van der Waals surface area contributed by atoms with Crippen molar-refractivity contribution in [3.8, 4) is 0 Å². The average molecular weight is 297 g/mol. The van der Waals surface area contributed by atoms with Crippen LogP contribution in [0.3, 0.4) is 0 Å². The number of carbonyl (C=O) groups is 1. The van der Waals surface area contributed by atoms with Gasteiger partial charge in [-0.05, 0) is 38.0 Å². The zero-order valence-electron chi connectivity index (χ0n) is 12.6. The van der Waals surface area contributed by atoms with Crippen molar-refractivity contribution in [1.82, 2.24) is 9.97 Å². The Hall–Kier alpha value is -2.43. The van der Waals surface area contributed by atoms with Gasteiger partial charge in [0.15, 0.2) is 0 Å². The summed E-state index contributed by atoms with van der Waals surface area (Å²) >= 11 is 0. The second-order valence-electron chi connectivity index (χ2n) is 5.72. The van der Waals surface area contributed by atoms with Crippen LogP contribution in [0.25, 0.3) is 0 Å². The molecule has 0 atom stereocenters. The summed E-state index contributed by atoms with van der Waals surface area (Å²) in [5.41, 5.74) is 0.845. The van der Waals surface area contributed by atoms with E-state index in [4.69, 9.17) is 0 Å². The molecule has 1 aliphatic rings. The molecular weight excluding hydrogens is 278 g/mol. The first-order chi connectivity index (χ1) is 10.6. The summed E-state index contributed by atoms with van der Waals surface area (Å²) in [6, 6.07) is 8.78. The molecule has 0 unspecified atom stereocenters. The van der Waals surface area contributed by atoms with Crippen molar-refractivity contribution in [2.45, 2.75) is 38.6 Å². The van der Waals surface area contributed by atoms with E-state index < -0.39 is 0 Å². The Balaban J connectivity index is 2.01. The van der Waals surface area contributed by atoms with E-state index in [9.17, 15) is 9.59 Å². The maximum atomic E-state index is 13.0. The van der Waals surface area contributed by atoms with Gasteiger partial charge in [-0.25, -0.2) is 4.98 Å². The SMILES string of the molecule is Cc1cc(C(=O)N(c2ccccn2)C2CCCC2)cc(=O)[nH]1. The number of carbonyl (C=O) groups excluding carboxylic acids is 1. The number of anilines is 1. The fraction of sp³-hybridized carbons (Fsp3) is 0.353. The van der Waals surface area contributed by atoms with E-state index in [0.29, 0.717) is 17.1 Å². The molecule has 114 valence electrons. The van der Waals surface area contributed by atoms with Gasteiger partial charge in [-0.15, -0.1) is 0 Å². The van der Waals surface area contributed by atoms with E-state index in [0.717, 1.165) is 25.7 Å². The quantitative estimate of drug-likeness (QED) is 0.947. The van der Waals surface area contributed by atoms with Crippen molar-refractivity contribution in [2.75, 3.05) is 4.90 Å². The molecule has 22 heavy (non-hydrogen) atoms. The number of aromatic amines is 1. The first-order valence-corrected chi connectivity index (χ1v) is 7.61. The number of nitrogens with zero attached hydrogens (tertiary/aromatic N) is 2. The lowest BCUT2D eigenvalue weighted by atomic mass is 10.1. The predicted octanol–water partition coefficient (Wildman–Crippen LogP) is 2.67.